The van der Waals surface area contributed by atoms with Gasteiger partial charge in [0.15, 0.2) is 0 Å². The fraction of sp³-hybridized carbons (Fsp3) is 0.889. The van der Waals surface area contributed by atoms with Crippen molar-refractivity contribution >= 4 is 18.5 Å². The minimum absolute atomic E-state index is 0.184. The molecule has 0 aromatic rings. The molecule has 1 aliphatic heterocycles. The number of amides is 1. The number of carbonyl (C=O) groups is 1. The molecule has 1 aliphatic rings. The first kappa shape index (κ1) is 10.9. The molecule has 0 saturated carbocycles. The first-order valence-electron chi connectivity index (χ1n) is 4.57. The number of hydrogen-bond acceptors (Lipinski definition) is 3. The second kappa shape index (κ2) is 4.33. The molecule has 0 unspecified atom stereocenters. The predicted molar refractivity (Wildman–Crippen MR) is 55.1 cm³/mol. The molecular weight excluding hydrogens is 186 g/mol. The smallest absolute Gasteiger partial charge is 0.224 e. The summed E-state index contributed by atoms with van der Waals surface area (Å²) in [4.78, 5) is 13.5. The van der Waals surface area contributed by atoms with Crippen LogP contribution in [0.2, 0.25) is 0 Å². The Morgan fingerprint density at radius 1 is 1.46 bits per heavy atom. The number of morpholine rings is 1. The van der Waals surface area contributed by atoms with E-state index in [0.717, 1.165) is 13.1 Å². The highest BCUT2D eigenvalue weighted by Gasteiger charge is 2.22. The van der Waals surface area contributed by atoms with E-state index in [9.17, 15) is 4.79 Å². The number of rotatable bonds is 2. The van der Waals surface area contributed by atoms with Gasteiger partial charge in [-0.25, -0.2) is 0 Å². The van der Waals surface area contributed by atoms with Gasteiger partial charge in [0.25, 0.3) is 0 Å². The Morgan fingerprint density at radius 2 is 2.00 bits per heavy atom. The van der Waals surface area contributed by atoms with Crippen molar-refractivity contribution < 1.29 is 9.53 Å². The molecule has 1 heterocycles. The summed E-state index contributed by atoms with van der Waals surface area (Å²) < 4.78 is 4.95. The highest BCUT2D eigenvalue weighted by Crippen LogP contribution is 2.18. The second-order valence-electron chi connectivity index (χ2n) is 3.98. The van der Waals surface area contributed by atoms with Gasteiger partial charge in [-0.3, -0.25) is 4.79 Å². The predicted octanol–water partition coefficient (Wildman–Crippen LogP) is 0.944. The van der Waals surface area contributed by atoms with Gasteiger partial charge in [0.2, 0.25) is 5.91 Å². The minimum atomic E-state index is -0.213. The van der Waals surface area contributed by atoms with Crippen LogP contribution in [-0.4, -0.2) is 41.9 Å². The molecule has 0 bridgehead atoms. The Morgan fingerprint density at radius 3 is 2.46 bits per heavy atom. The quantitative estimate of drug-likeness (QED) is 0.677. The maximum Gasteiger partial charge on any atom is 0.224 e. The Hall–Kier alpha value is -0.220. The summed E-state index contributed by atoms with van der Waals surface area (Å²) in [6.07, 6.45) is 0.496. The molecule has 0 atom stereocenters. The number of nitrogens with zero attached hydrogens (tertiary/aromatic N) is 1. The van der Waals surface area contributed by atoms with Crippen molar-refractivity contribution in [1.82, 2.24) is 4.90 Å². The van der Waals surface area contributed by atoms with Gasteiger partial charge in [-0.1, -0.05) is 13.8 Å². The van der Waals surface area contributed by atoms with E-state index >= 15 is 0 Å². The molecule has 1 rings (SSSR count). The van der Waals surface area contributed by atoms with Crippen LogP contribution in [0.15, 0.2) is 0 Å². The lowest BCUT2D eigenvalue weighted by molar-refractivity contribution is -0.135. The summed E-state index contributed by atoms with van der Waals surface area (Å²) in [5, 5.41) is 0. The van der Waals surface area contributed by atoms with Gasteiger partial charge >= 0.3 is 0 Å². The highest BCUT2D eigenvalue weighted by molar-refractivity contribution is 7.81. The van der Waals surface area contributed by atoms with Crippen LogP contribution in [0.5, 0.6) is 0 Å². The zero-order valence-electron chi connectivity index (χ0n) is 8.25. The molecule has 1 fully saturated rings. The molecule has 1 saturated heterocycles. The van der Waals surface area contributed by atoms with E-state index in [4.69, 9.17) is 4.74 Å². The van der Waals surface area contributed by atoms with E-state index in [2.05, 4.69) is 12.6 Å². The number of thiol groups is 1. The number of hydrogen-bond donors (Lipinski definition) is 1. The molecule has 0 aromatic heterocycles. The van der Waals surface area contributed by atoms with Crippen molar-refractivity contribution in [1.29, 1.82) is 0 Å². The lowest BCUT2D eigenvalue weighted by Gasteiger charge is -2.29. The number of ether oxygens (including phenoxy) is 1. The van der Waals surface area contributed by atoms with E-state index < -0.39 is 0 Å². The van der Waals surface area contributed by atoms with Crippen molar-refractivity contribution in [3.8, 4) is 0 Å². The molecule has 0 radical (unpaired) electrons. The van der Waals surface area contributed by atoms with Crippen LogP contribution >= 0.6 is 12.6 Å². The van der Waals surface area contributed by atoms with Crippen LogP contribution in [0.4, 0.5) is 0 Å². The van der Waals surface area contributed by atoms with Gasteiger partial charge in [-0.05, 0) is 0 Å². The third kappa shape index (κ3) is 4.00. The standard InChI is InChI=1S/C9H17NO2S/c1-9(2,13)7-8(11)10-3-5-12-6-4-10/h13H,3-7H2,1-2H3. The van der Waals surface area contributed by atoms with Crippen LogP contribution in [0, 0.1) is 0 Å². The van der Waals surface area contributed by atoms with Crippen LogP contribution in [0.1, 0.15) is 20.3 Å². The lowest BCUT2D eigenvalue weighted by atomic mass is 10.1. The maximum absolute atomic E-state index is 11.6. The average Bonchev–Trinajstić information content (AvgIpc) is 2.03. The summed E-state index contributed by atoms with van der Waals surface area (Å²) in [5.74, 6) is 0.184. The summed E-state index contributed by atoms with van der Waals surface area (Å²) in [5.41, 5.74) is 0. The van der Waals surface area contributed by atoms with Crippen LogP contribution in [0.25, 0.3) is 0 Å². The highest BCUT2D eigenvalue weighted by atomic mass is 32.1. The first-order valence-corrected chi connectivity index (χ1v) is 5.02. The van der Waals surface area contributed by atoms with Gasteiger partial charge in [0, 0.05) is 24.3 Å². The zero-order valence-corrected chi connectivity index (χ0v) is 9.14. The molecule has 3 nitrogen and oxygen atoms in total. The van der Waals surface area contributed by atoms with Crippen molar-refractivity contribution in [2.75, 3.05) is 26.3 Å². The van der Waals surface area contributed by atoms with E-state index in [-0.39, 0.29) is 10.7 Å². The normalized spacial score (nSPS) is 18.8. The molecular formula is C9H17NO2S. The monoisotopic (exact) mass is 203 g/mol. The average molecular weight is 203 g/mol. The Bertz CT molecular complexity index is 183. The van der Waals surface area contributed by atoms with Crippen LogP contribution in [-0.2, 0) is 9.53 Å². The molecule has 76 valence electrons. The maximum atomic E-state index is 11.6. The van der Waals surface area contributed by atoms with Crippen LogP contribution < -0.4 is 0 Å². The molecule has 0 spiro atoms. The summed E-state index contributed by atoms with van der Waals surface area (Å²) in [6.45, 7) is 6.69. The van der Waals surface area contributed by atoms with Gasteiger partial charge < -0.3 is 9.64 Å². The van der Waals surface area contributed by atoms with E-state index in [1.54, 1.807) is 0 Å². The lowest BCUT2D eigenvalue weighted by Crippen LogP contribution is -2.42. The second-order valence-corrected chi connectivity index (χ2v) is 5.19. The first-order chi connectivity index (χ1) is 5.99. The molecule has 0 N–H and O–H groups in total. The third-order valence-electron chi connectivity index (χ3n) is 1.95. The minimum Gasteiger partial charge on any atom is -0.378 e. The van der Waals surface area contributed by atoms with Crippen molar-refractivity contribution in [2.24, 2.45) is 0 Å². The van der Waals surface area contributed by atoms with Gasteiger partial charge in [-0.2, -0.15) is 12.6 Å². The SMILES string of the molecule is CC(C)(S)CC(=O)N1CCOCC1. The fourth-order valence-corrected chi connectivity index (χ4v) is 1.43. The molecule has 0 aliphatic carbocycles. The molecule has 13 heavy (non-hydrogen) atoms. The van der Waals surface area contributed by atoms with Gasteiger partial charge in [0.1, 0.15) is 0 Å². The Kier molecular flexibility index (Phi) is 3.62. The largest absolute Gasteiger partial charge is 0.378 e. The van der Waals surface area contributed by atoms with Gasteiger partial charge in [-0.15, -0.1) is 0 Å². The molecule has 1 amide bonds. The topological polar surface area (TPSA) is 29.5 Å². The summed E-state index contributed by atoms with van der Waals surface area (Å²) >= 11 is 4.33. The van der Waals surface area contributed by atoms with Gasteiger partial charge in [0.05, 0.1) is 13.2 Å². The molecule has 0 aromatic carbocycles. The van der Waals surface area contributed by atoms with E-state index in [0.29, 0.717) is 19.6 Å². The van der Waals surface area contributed by atoms with Crippen LogP contribution in [0.3, 0.4) is 0 Å². The summed E-state index contributed by atoms with van der Waals surface area (Å²) in [6, 6.07) is 0. The summed E-state index contributed by atoms with van der Waals surface area (Å²) in [7, 11) is 0. The van der Waals surface area contributed by atoms with E-state index in [1.807, 2.05) is 18.7 Å². The molecule has 4 heteroatoms. The van der Waals surface area contributed by atoms with Crippen molar-refractivity contribution in [2.45, 2.75) is 25.0 Å². The Balaban J connectivity index is 2.38. The number of carbonyl (C=O) groups excluding carboxylic acids is 1. The van der Waals surface area contributed by atoms with E-state index in [1.165, 1.54) is 0 Å². The third-order valence-corrected chi connectivity index (χ3v) is 2.11. The van der Waals surface area contributed by atoms with Crippen molar-refractivity contribution in [3.63, 3.8) is 0 Å². The Labute approximate surface area is 84.8 Å². The zero-order chi connectivity index (χ0) is 9.90. The fourth-order valence-electron chi connectivity index (χ4n) is 1.29. The van der Waals surface area contributed by atoms with Crippen molar-refractivity contribution in [3.05, 3.63) is 0 Å².